The van der Waals surface area contributed by atoms with Crippen LogP contribution in [0.15, 0.2) is 16.7 Å². The molecule has 3 rings (SSSR count). The summed E-state index contributed by atoms with van der Waals surface area (Å²) >= 11 is 0. The average molecular weight is 320 g/mol. The summed E-state index contributed by atoms with van der Waals surface area (Å²) in [7, 11) is 0. The van der Waals surface area contributed by atoms with Crippen LogP contribution in [0.2, 0.25) is 0 Å². The standard InChI is InChI=1S/C17H24N2O4/c1-12(2)13-5-11-23-15(13)17(21)19-8-6-18(7-9-19)16(20)14-4-3-10-22-14/h5,11-12,14H,3-4,6-10H2,1-2H3. The number of hydrogen-bond acceptors (Lipinski definition) is 4. The molecule has 0 bridgehead atoms. The monoisotopic (exact) mass is 320 g/mol. The molecule has 1 unspecified atom stereocenters. The minimum atomic E-state index is -0.283. The molecule has 0 saturated carbocycles. The quantitative estimate of drug-likeness (QED) is 0.853. The van der Waals surface area contributed by atoms with Crippen LogP contribution >= 0.6 is 0 Å². The van der Waals surface area contributed by atoms with Crippen LogP contribution in [0, 0.1) is 0 Å². The van der Waals surface area contributed by atoms with E-state index >= 15 is 0 Å². The summed E-state index contributed by atoms with van der Waals surface area (Å²) < 4.78 is 10.9. The summed E-state index contributed by atoms with van der Waals surface area (Å²) in [5.74, 6) is 0.660. The Bertz CT molecular complexity index is 567. The highest BCUT2D eigenvalue weighted by molar-refractivity contribution is 5.93. The molecule has 3 heterocycles. The molecule has 0 radical (unpaired) electrons. The Labute approximate surface area is 136 Å². The molecule has 1 atom stereocenters. The van der Waals surface area contributed by atoms with Crippen LogP contribution in [0.5, 0.6) is 0 Å². The summed E-state index contributed by atoms with van der Waals surface area (Å²) in [6.07, 6.45) is 3.04. The van der Waals surface area contributed by atoms with Gasteiger partial charge in [0.05, 0.1) is 6.26 Å². The van der Waals surface area contributed by atoms with Gasteiger partial charge >= 0.3 is 0 Å². The molecule has 6 nitrogen and oxygen atoms in total. The Balaban J connectivity index is 1.59. The second-order valence-corrected chi connectivity index (χ2v) is 6.48. The number of furan rings is 1. The summed E-state index contributed by atoms with van der Waals surface area (Å²) in [4.78, 5) is 28.5. The van der Waals surface area contributed by atoms with Gasteiger partial charge in [-0.3, -0.25) is 9.59 Å². The maximum absolute atomic E-state index is 12.6. The molecular weight excluding hydrogens is 296 g/mol. The average Bonchev–Trinajstić information content (AvgIpc) is 3.24. The van der Waals surface area contributed by atoms with Crippen molar-refractivity contribution in [2.24, 2.45) is 0 Å². The predicted octanol–water partition coefficient (Wildman–Crippen LogP) is 1.87. The maximum Gasteiger partial charge on any atom is 0.289 e. The van der Waals surface area contributed by atoms with Gasteiger partial charge in [-0.25, -0.2) is 0 Å². The Morgan fingerprint density at radius 2 is 1.87 bits per heavy atom. The molecule has 2 fully saturated rings. The Hall–Kier alpha value is -1.82. The molecule has 0 N–H and O–H groups in total. The van der Waals surface area contributed by atoms with Crippen molar-refractivity contribution in [1.82, 2.24) is 9.80 Å². The lowest BCUT2D eigenvalue weighted by molar-refractivity contribution is -0.142. The van der Waals surface area contributed by atoms with Crippen LogP contribution in [0.3, 0.4) is 0 Å². The van der Waals surface area contributed by atoms with E-state index in [-0.39, 0.29) is 23.8 Å². The smallest absolute Gasteiger partial charge is 0.289 e. The molecule has 2 aliphatic heterocycles. The fourth-order valence-electron chi connectivity index (χ4n) is 3.20. The molecule has 23 heavy (non-hydrogen) atoms. The summed E-state index contributed by atoms with van der Waals surface area (Å²) in [5.41, 5.74) is 0.938. The fraction of sp³-hybridized carbons (Fsp3) is 0.647. The van der Waals surface area contributed by atoms with Crippen molar-refractivity contribution in [3.63, 3.8) is 0 Å². The van der Waals surface area contributed by atoms with Crippen LogP contribution in [-0.4, -0.2) is 60.5 Å². The van der Waals surface area contributed by atoms with Gasteiger partial charge in [0.2, 0.25) is 0 Å². The van der Waals surface area contributed by atoms with E-state index in [1.165, 1.54) is 0 Å². The summed E-state index contributed by atoms with van der Waals surface area (Å²) in [6, 6.07) is 1.86. The van der Waals surface area contributed by atoms with Gasteiger partial charge in [-0.05, 0) is 24.8 Å². The van der Waals surface area contributed by atoms with E-state index in [9.17, 15) is 9.59 Å². The first kappa shape index (κ1) is 16.1. The van der Waals surface area contributed by atoms with Gasteiger partial charge in [0.25, 0.3) is 11.8 Å². The molecule has 0 aromatic carbocycles. The van der Waals surface area contributed by atoms with Crippen LogP contribution in [-0.2, 0) is 9.53 Å². The lowest BCUT2D eigenvalue weighted by Crippen LogP contribution is -2.52. The van der Waals surface area contributed by atoms with Crippen LogP contribution < -0.4 is 0 Å². The number of amides is 2. The third kappa shape index (κ3) is 3.27. The van der Waals surface area contributed by atoms with E-state index < -0.39 is 0 Å². The van der Waals surface area contributed by atoms with Crippen molar-refractivity contribution < 1.29 is 18.7 Å². The number of hydrogen-bond donors (Lipinski definition) is 0. The summed E-state index contributed by atoms with van der Waals surface area (Å²) in [5, 5.41) is 0. The number of nitrogens with zero attached hydrogens (tertiary/aromatic N) is 2. The molecule has 2 aliphatic rings. The van der Waals surface area contributed by atoms with Crippen molar-refractivity contribution in [3.8, 4) is 0 Å². The lowest BCUT2D eigenvalue weighted by Gasteiger charge is -2.35. The first-order valence-electron chi connectivity index (χ1n) is 8.35. The van der Waals surface area contributed by atoms with Gasteiger partial charge in [-0.2, -0.15) is 0 Å². The minimum absolute atomic E-state index is 0.0652. The van der Waals surface area contributed by atoms with Gasteiger partial charge in [-0.1, -0.05) is 13.8 Å². The number of rotatable bonds is 3. The second-order valence-electron chi connectivity index (χ2n) is 6.48. The highest BCUT2D eigenvalue weighted by atomic mass is 16.5. The molecule has 0 spiro atoms. The molecule has 2 amide bonds. The molecule has 0 aliphatic carbocycles. The largest absolute Gasteiger partial charge is 0.459 e. The van der Waals surface area contributed by atoms with Gasteiger partial charge in [0.15, 0.2) is 5.76 Å². The second kappa shape index (κ2) is 6.74. The zero-order chi connectivity index (χ0) is 16.4. The normalized spacial score (nSPS) is 22.0. The molecular formula is C17H24N2O4. The van der Waals surface area contributed by atoms with Crippen LogP contribution in [0.4, 0.5) is 0 Å². The maximum atomic E-state index is 12.6. The molecule has 1 aromatic heterocycles. The molecule has 6 heteroatoms. The van der Waals surface area contributed by atoms with E-state index in [0.717, 1.165) is 18.4 Å². The van der Waals surface area contributed by atoms with Gasteiger partial charge in [0, 0.05) is 38.3 Å². The highest BCUT2D eigenvalue weighted by Gasteiger charge is 2.32. The SMILES string of the molecule is CC(C)c1ccoc1C(=O)N1CCN(C(=O)C2CCCO2)CC1. The summed E-state index contributed by atoms with van der Waals surface area (Å²) in [6.45, 7) is 6.94. The predicted molar refractivity (Wildman–Crippen MR) is 84.3 cm³/mol. The molecule has 2 saturated heterocycles. The van der Waals surface area contributed by atoms with Crippen LogP contribution in [0.25, 0.3) is 0 Å². The fourth-order valence-corrected chi connectivity index (χ4v) is 3.20. The lowest BCUT2D eigenvalue weighted by atomic mass is 10.0. The third-order valence-corrected chi connectivity index (χ3v) is 4.60. The number of carbonyl (C=O) groups excluding carboxylic acids is 2. The van der Waals surface area contributed by atoms with E-state index in [1.54, 1.807) is 11.2 Å². The van der Waals surface area contributed by atoms with E-state index in [1.807, 2.05) is 24.8 Å². The number of piperazine rings is 1. The van der Waals surface area contributed by atoms with Gasteiger partial charge in [0.1, 0.15) is 6.10 Å². The molecule has 126 valence electrons. The topological polar surface area (TPSA) is 63.0 Å². The Morgan fingerprint density at radius 1 is 1.17 bits per heavy atom. The van der Waals surface area contributed by atoms with E-state index in [4.69, 9.17) is 9.15 Å². The Morgan fingerprint density at radius 3 is 2.48 bits per heavy atom. The Kier molecular flexibility index (Phi) is 4.71. The van der Waals surface area contributed by atoms with Gasteiger partial charge < -0.3 is 19.0 Å². The van der Waals surface area contributed by atoms with E-state index in [0.29, 0.717) is 38.5 Å². The van der Waals surface area contributed by atoms with Crippen molar-refractivity contribution in [3.05, 3.63) is 23.7 Å². The van der Waals surface area contributed by atoms with Crippen LogP contribution in [0.1, 0.15) is 48.7 Å². The first-order valence-corrected chi connectivity index (χ1v) is 8.35. The van der Waals surface area contributed by atoms with Gasteiger partial charge in [-0.15, -0.1) is 0 Å². The van der Waals surface area contributed by atoms with Crippen molar-refractivity contribution >= 4 is 11.8 Å². The third-order valence-electron chi connectivity index (χ3n) is 4.60. The minimum Gasteiger partial charge on any atom is -0.459 e. The highest BCUT2D eigenvalue weighted by Crippen LogP contribution is 2.23. The molecule has 1 aromatic rings. The van der Waals surface area contributed by atoms with E-state index in [2.05, 4.69) is 0 Å². The first-order chi connectivity index (χ1) is 11.1. The van der Waals surface area contributed by atoms with Crippen molar-refractivity contribution in [2.75, 3.05) is 32.8 Å². The number of carbonyl (C=O) groups is 2. The van der Waals surface area contributed by atoms with Crippen molar-refractivity contribution in [1.29, 1.82) is 0 Å². The zero-order valence-electron chi connectivity index (χ0n) is 13.8. The zero-order valence-corrected chi connectivity index (χ0v) is 13.8. The van der Waals surface area contributed by atoms with Crippen molar-refractivity contribution in [2.45, 2.75) is 38.7 Å². The number of ether oxygens (including phenoxy) is 1.